The van der Waals surface area contributed by atoms with Crippen LogP contribution in [-0.2, 0) is 19.3 Å². The van der Waals surface area contributed by atoms with Gasteiger partial charge in [0.2, 0.25) is 0 Å². The van der Waals surface area contributed by atoms with E-state index in [2.05, 4.69) is 36.4 Å². The molecule has 0 spiro atoms. The third-order valence-electron chi connectivity index (χ3n) is 4.62. The Morgan fingerprint density at radius 1 is 0.842 bits per heavy atom. The second kappa shape index (κ2) is 4.21. The van der Waals surface area contributed by atoms with Gasteiger partial charge in [-0.25, -0.2) is 0 Å². The Morgan fingerprint density at radius 2 is 1.68 bits per heavy atom. The van der Waals surface area contributed by atoms with Gasteiger partial charge in [-0.15, -0.1) is 0 Å². The first-order chi connectivity index (χ1) is 9.33. The molecule has 0 saturated heterocycles. The third-order valence-corrected chi connectivity index (χ3v) is 4.62. The van der Waals surface area contributed by atoms with Crippen molar-refractivity contribution in [1.29, 1.82) is 0 Å². The van der Waals surface area contributed by atoms with Crippen LogP contribution in [0.15, 0.2) is 36.4 Å². The molecule has 19 heavy (non-hydrogen) atoms. The maximum atomic E-state index is 10.2. The quantitative estimate of drug-likeness (QED) is 0.753. The molecule has 2 aromatic carbocycles. The molecule has 1 nitrogen and oxygen atoms in total. The minimum absolute atomic E-state index is 0.261. The molecule has 2 aromatic rings. The molecule has 0 saturated carbocycles. The van der Waals surface area contributed by atoms with E-state index in [-0.39, 0.29) is 6.10 Å². The summed E-state index contributed by atoms with van der Waals surface area (Å²) in [6.07, 6.45) is 5.17. The summed E-state index contributed by atoms with van der Waals surface area (Å²) in [6, 6.07) is 13.3. The van der Waals surface area contributed by atoms with Gasteiger partial charge in [-0.1, -0.05) is 30.3 Å². The Labute approximate surface area is 113 Å². The van der Waals surface area contributed by atoms with Crippen LogP contribution in [0.4, 0.5) is 0 Å². The zero-order chi connectivity index (χ0) is 12.8. The van der Waals surface area contributed by atoms with E-state index in [1.165, 1.54) is 33.4 Å². The molecule has 2 aliphatic carbocycles. The van der Waals surface area contributed by atoms with E-state index >= 15 is 0 Å². The molecule has 0 aromatic heterocycles. The Morgan fingerprint density at radius 3 is 2.63 bits per heavy atom. The van der Waals surface area contributed by atoms with E-state index < -0.39 is 0 Å². The van der Waals surface area contributed by atoms with Crippen LogP contribution in [0.2, 0.25) is 0 Å². The third kappa shape index (κ3) is 1.73. The van der Waals surface area contributed by atoms with Crippen molar-refractivity contribution < 1.29 is 5.11 Å². The van der Waals surface area contributed by atoms with Gasteiger partial charge in [-0.05, 0) is 71.6 Å². The average Bonchev–Trinajstić information content (AvgIpc) is 2.46. The molecule has 4 rings (SSSR count). The molecule has 1 heteroatoms. The second-order valence-electron chi connectivity index (χ2n) is 5.77. The van der Waals surface area contributed by atoms with Crippen LogP contribution in [0.5, 0.6) is 0 Å². The lowest BCUT2D eigenvalue weighted by Gasteiger charge is -2.27. The molecule has 1 N–H and O–H groups in total. The van der Waals surface area contributed by atoms with Crippen LogP contribution in [-0.4, -0.2) is 5.11 Å². The van der Waals surface area contributed by atoms with Gasteiger partial charge in [0, 0.05) is 0 Å². The molecule has 1 atom stereocenters. The molecule has 1 unspecified atom stereocenters. The number of aliphatic hydroxyl groups excluding tert-OH is 1. The van der Waals surface area contributed by atoms with Crippen molar-refractivity contribution >= 4 is 0 Å². The van der Waals surface area contributed by atoms with Gasteiger partial charge in [0.25, 0.3) is 0 Å². The smallest absolute Gasteiger partial charge is 0.0793 e. The van der Waals surface area contributed by atoms with Crippen molar-refractivity contribution in [3.05, 3.63) is 58.7 Å². The minimum Gasteiger partial charge on any atom is -0.388 e. The van der Waals surface area contributed by atoms with Gasteiger partial charge in [-0.2, -0.15) is 0 Å². The fourth-order valence-electron chi connectivity index (χ4n) is 3.61. The van der Waals surface area contributed by atoms with Gasteiger partial charge in [-0.3, -0.25) is 0 Å². The van der Waals surface area contributed by atoms with E-state index in [1.807, 2.05) is 0 Å². The van der Waals surface area contributed by atoms with E-state index in [9.17, 15) is 5.11 Å². The summed E-state index contributed by atoms with van der Waals surface area (Å²) in [5, 5.41) is 10.2. The highest BCUT2D eigenvalue weighted by molar-refractivity contribution is 5.74. The van der Waals surface area contributed by atoms with E-state index in [4.69, 9.17) is 0 Å². The number of aryl methyl sites for hydroxylation is 3. The molecule has 96 valence electrons. The van der Waals surface area contributed by atoms with Crippen LogP contribution in [0.25, 0.3) is 11.1 Å². The molecule has 0 heterocycles. The summed E-state index contributed by atoms with van der Waals surface area (Å²) >= 11 is 0. The first-order valence-corrected chi connectivity index (χ1v) is 7.25. The predicted octanol–water partition coefficient (Wildman–Crippen LogP) is 3.82. The van der Waals surface area contributed by atoms with Crippen molar-refractivity contribution in [3.63, 3.8) is 0 Å². The molecule has 0 fully saturated rings. The Hall–Kier alpha value is -1.60. The largest absolute Gasteiger partial charge is 0.388 e. The standard InChI is InChI=1S/C18H18O/c19-18-7-3-5-13-10-14-9-8-12-4-1-2-6-15(12)16(14)11-17(13)18/h1-2,4,6,10-11,18-19H,3,5,7-9H2. The highest BCUT2D eigenvalue weighted by Gasteiger charge is 2.23. The normalized spacial score (nSPS) is 20.4. The number of hydrogen-bond donors (Lipinski definition) is 1. The van der Waals surface area contributed by atoms with Crippen LogP contribution in [0.1, 0.15) is 41.2 Å². The highest BCUT2D eigenvalue weighted by atomic mass is 16.3. The number of benzene rings is 2. The van der Waals surface area contributed by atoms with E-state index in [0.717, 1.165) is 32.1 Å². The lowest BCUT2D eigenvalue weighted by molar-refractivity contribution is 0.156. The summed E-state index contributed by atoms with van der Waals surface area (Å²) in [6.45, 7) is 0. The molecular formula is C18H18O. The summed E-state index contributed by atoms with van der Waals surface area (Å²) in [5.41, 5.74) is 8.16. The summed E-state index contributed by atoms with van der Waals surface area (Å²) < 4.78 is 0. The topological polar surface area (TPSA) is 20.2 Å². The molecule has 0 aliphatic heterocycles. The fraction of sp³-hybridized carbons (Fsp3) is 0.333. The Bertz CT molecular complexity index is 642. The minimum atomic E-state index is -0.261. The van der Waals surface area contributed by atoms with Crippen molar-refractivity contribution in [2.45, 2.75) is 38.2 Å². The first-order valence-electron chi connectivity index (χ1n) is 7.25. The van der Waals surface area contributed by atoms with Crippen molar-refractivity contribution in [2.24, 2.45) is 0 Å². The summed E-state index contributed by atoms with van der Waals surface area (Å²) in [4.78, 5) is 0. The van der Waals surface area contributed by atoms with Gasteiger partial charge in [0.05, 0.1) is 6.10 Å². The number of fused-ring (bicyclic) bond motifs is 4. The average molecular weight is 250 g/mol. The summed E-state index contributed by atoms with van der Waals surface area (Å²) in [7, 11) is 0. The number of aliphatic hydroxyl groups is 1. The van der Waals surface area contributed by atoms with Crippen LogP contribution >= 0.6 is 0 Å². The van der Waals surface area contributed by atoms with Crippen LogP contribution in [0.3, 0.4) is 0 Å². The molecular weight excluding hydrogens is 232 g/mol. The van der Waals surface area contributed by atoms with Gasteiger partial charge >= 0.3 is 0 Å². The molecule has 0 radical (unpaired) electrons. The highest BCUT2D eigenvalue weighted by Crippen LogP contribution is 2.39. The van der Waals surface area contributed by atoms with Crippen molar-refractivity contribution in [2.75, 3.05) is 0 Å². The number of hydrogen-bond acceptors (Lipinski definition) is 1. The van der Waals surface area contributed by atoms with Crippen LogP contribution in [0, 0.1) is 0 Å². The molecule has 0 bridgehead atoms. The first kappa shape index (κ1) is 11.2. The van der Waals surface area contributed by atoms with Gasteiger partial charge in [0.15, 0.2) is 0 Å². The molecule has 2 aliphatic rings. The van der Waals surface area contributed by atoms with Crippen molar-refractivity contribution in [1.82, 2.24) is 0 Å². The number of rotatable bonds is 0. The Balaban J connectivity index is 1.94. The monoisotopic (exact) mass is 250 g/mol. The maximum absolute atomic E-state index is 10.2. The van der Waals surface area contributed by atoms with Crippen molar-refractivity contribution in [3.8, 4) is 11.1 Å². The zero-order valence-electron chi connectivity index (χ0n) is 11.0. The SMILES string of the molecule is OC1CCCc2cc3c(cc21)-c1ccccc1CC3. The zero-order valence-corrected chi connectivity index (χ0v) is 11.0. The Kier molecular flexibility index (Phi) is 2.49. The summed E-state index contributed by atoms with van der Waals surface area (Å²) in [5.74, 6) is 0. The fourth-order valence-corrected chi connectivity index (χ4v) is 3.61. The second-order valence-corrected chi connectivity index (χ2v) is 5.77. The van der Waals surface area contributed by atoms with Gasteiger partial charge < -0.3 is 5.11 Å². The van der Waals surface area contributed by atoms with E-state index in [0.29, 0.717) is 0 Å². The predicted molar refractivity (Wildman–Crippen MR) is 77.2 cm³/mol. The van der Waals surface area contributed by atoms with Gasteiger partial charge in [0.1, 0.15) is 0 Å². The lowest BCUT2D eigenvalue weighted by atomic mass is 9.80. The molecule has 0 amide bonds. The lowest BCUT2D eigenvalue weighted by Crippen LogP contribution is -2.12. The van der Waals surface area contributed by atoms with E-state index in [1.54, 1.807) is 0 Å². The van der Waals surface area contributed by atoms with Crippen LogP contribution < -0.4 is 0 Å². The maximum Gasteiger partial charge on any atom is 0.0793 e.